The van der Waals surface area contributed by atoms with E-state index in [1.54, 1.807) is 0 Å². The van der Waals surface area contributed by atoms with Crippen LogP contribution in [0.4, 0.5) is 0 Å². The van der Waals surface area contributed by atoms with E-state index >= 15 is 0 Å². The molecule has 90 valence electrons. The average molecular weight is 231 g/mol. The number of amidine groups is 1. The Hall–Kier alpha value is -1.96. The fourth-order valence-electron chi connectivity index (χ4n) is 2.17. The maximum Gasteiger partial charge on any atom is 0.131 e. The molecular weight excluding hydrogens is 214 g/mol. The van der Waals surface area contributed by atoms with E-state index < -0.39 is 0 Å². The number of likely N-dealkylation sites (N-methyl/N-ethyl adjacent to an activating group) is 1. The summed E-state index contributed by atoms with van der Waals surface area (Å²) in [6.45, 7) is 1.65. The van der Waals surface area contributed by atoms with Crippen LogP contribution in [0.5, 0.6) is 0 Å². The van der Waals surface area contributed by atoms with E-state index in [0.717, 1.165) is 30.4 Å². The molecule has 0 amide bonds. The number of hydrogen-bond acceptors (Lipinski definition) is 5. The first-order valence-electron chi connectivity index (χ1n) is 5.59. The lowest BCUT2D eigenvalue weighted by Gasteiger charge is -2.34. The largest absolute Gasteiger partial charge is 0.376 e. The number of fused-ring (bicyclic) bond motifs is 1. The molecular formula is C12H17N5. The van der Waals surface area contributed by atoms with Crippen molar-refractivity contribution in [2.75, 3.05) is 41.3 Å². The smallest absolute Gasteiger partial charge is 0.131 e. The predicted octanol–water partition coefficient (Wildman–Crippen LogP) is 0.456. The fourth-order valence-corrected chi connectivity index (χ4v) is 2.17. The van der Waals surface area contributed by atoms with Gasteiger partial charge in [0.1, 0.15) is 23.3 Å². The van der Waals surface area contributed by atoms with Crippen molar-refractivity contribution in [3.63, 3.8) is 0 Å². The van der Waals surface area contributed by atoms with Gasteiger partial charge in [0.25, 0.3) is 0 Å². The molecule has 5 heteroatoms. The molecule has 0 fully saturated rings. The predicted molar refractivity (Wildman–Crippen MR) is 67.1 cm³/mol. The van der Waals surface area contributed by atoms with Gasteiger partial charge in [-0.3, -0.25) is 4.99 Å². The molecule has 0 saturated carbocycles. The Kier molecular flexibility index (Phi) is 2.80. The molecule has 0 atom stereocenters. The average Bonchev–Trinajstić information content (AvgIpc) is 2.73. The first-order chi connectivity index (χ1) is 8.06. The number of hydrogen-bond donors (Lipinski definition) is 0. The maximum atomic E-state index is 9.38. The molecule has 0 aromatic rings. The summed E-state index contributed by atoms with van der Waals surface area (Å²) < 4.78 is 0. The zero-order chi connectivity index (χ0) is 12.6. The minimum Gasteiger partial charge on any atom is -0.376 e. The summed E-state index contributed by atoms with van der Waals surface area (Å²) in [5.74, 6) is 1.89. The van der Waals surface area contributed by atoms with E-state index in [1.807, 2.05) is 44.1 Å². The molecule has 17 heavy (non-hydrogen) atoms. The first kappa shape index (κ1) is 11.5. The van der Waals surface area contributed by atoms with Crippen LogP contribution in [0.1, 0.15) is 0 Å². The summed E-state index contributed by atoms with van der Waals surface area (Å²) in [5.41, 5.74) is 1.63. The van der Waals surface area contributed by atoms with Crippen molar-refractivity contribution in [2.24, 2.45) is 4.99 Å². The van der Waals surface area contributed by atoms with Gasteiger partial charge in [-0.15, -0.1) is 0 Å². The Balaban J connectivity index is 2.58. The third-order valence-corrected chi connectivity index (χ3v) is 2.89. The molecule has 0 N–H and O–H groups in total. The maximum absolute atomic E-state index is 9.38. The van der Waals surface area contributed by atoms with Crippen molar-refractivity contribution >= 4 is 5.84 Å². The third kappa shape index (κ3) is 1.76. The number of rotatable bonds is 2. The topological polar surface area (TPSA) is 45.9 Å². The van der Waals surface area contributed by atoms with Gasteiger partial charge < -0.3 is 14.7 Å². The van der Waals surface area contributed by atoms with Crippen LogP contribution in [0.2, 0.25) is 0 Å². The van der Waals surface area contributed by atoms with E-state index in [1.165, 1.54) is 0 Å². The first-order valence-corrected chi connectivity index (χ1v) is 5.59. The zero-order valence-corrected chi connectivity index (χ0v) is 10.7. The minimum absolute atomic E-state index is 0.709. The Morgan fingerprint density at radius 1 is 1.29 bits per heavy atom. The standard InChI is InChI=1S/C12H17N5/c1-15(2)10-7-11-14-5-6-17(11)12(16(3)4)9(10)8-13/h7H,5-6H2,1-4H3. The SMILES string of the molecule is CN(C)C1=CC2=NCCN2C(N(C)C)=C1C#N. The molecule has 0 saturated heterocycles. The van der Waals surface area contributed by atoms with Gasteiger partial charge in [-0.25, -0.2) is 0 Å². The second-order valence-corrected chi connectivity index (χ2v) is 4.52. The molecule has 0 unspecified atom stereocenters. The molecule has 2 rings (SSSR count). The van der Waals surface area contributed by atoms with Gasteiger partial charge in [0, 0.05) is 40.8 Å². The van der Waals surface area contributed by atoms with Crippen molar-refractivity contribution in [1.82, 2.24) is 14.7 Å². The summed E-state index contributed by atoms with van der Waals surface area (Å²) >= 11 is 0. The minimum atomic E-state index is 0.709. The van der Waals surface area contributed by atoms with Crippen molar-refractivity contribution in [3.05, 3.63) is 23.2 Å². The van der Waals surface area contributed by atoms with Crippen LogP contribution < -0.4 is 0 Å². The van der Waals surface area contributed by atoms with Crippen molar-refractivity contribution in [1.29, 1.82) is 5.26 Å². The van der Waals surface area contributed by atoms with E-state index in [4.69, 9.17) is 0 Å². The highest BCUT2D eigenvalue weighted by Crippen LogP contribution is 2.28. The van der Waals surface area contributed by atoms with Crippen molar-refractivity contribution < 1.29 is 0 Å². The second kappa shape index (κ2) is 4.13. The molecule has 0 aliphatic carbocycles. The third-order valence-electron chi connectivity index (χ3n) is 2.89. The molecule has 2 aliphatic heterocycles. The summed E-state index contributed by atoms with van der Waals surface area (Å²) in [7, 11) is 7.81. The Morgan fingerprint density at radius 3 is 2.53 bits per heavy atom. The highest BCUT2D eigenvalue weighted by atomic mass is 15.4. The second-order valence-electron chi connectivity index (χ2n) is 4.52. The van der Waals surface area contributed by atoms with Gasteiger partial charge in [0.05, 0.1) is 12.2 Å². The summed E-state index contributed by atoms with van der Waals surface area (Å²) in [4.78, 5) is 10.5. The van der Waals surface area contributed by atoms with Gasteiger partial charge in [0.2, 0.25) is 0 Å². The number of nitrogens with zero attached hydrogens (tertiary/aromatic N) is 5. The molecule has 5 nitrogen and oxygen atoms in total. The Bertz CT molecular complexity index is 462. The monoisotopic (exact) mass is 231 g/mol. The summed E-state index contributed by atoms with van der Waals surface area (Å²) in [6, 6.07) is 2.31. The number of nitriles is 1. The summed E-state index contributed by atoms with van der Waals surface area (Å²) in [5, 5.41) is 9.38. The highest BCUT2D eigenvalue weighted by Gasteiger charge is 2.30. The normalized spacial score (nSPS) is 18.4. The molecule has 2 aliphatic rings. The van der Waals surface area contributed by atoms with E-state index in [2.05, 4.69) is 16.0 Å². The van der Waals surface area contributed by atoms with E-state index in [0.29, 0.717) is 5.57 Å². The lowest BCUT2D eigenvalue weighted by atomic mass is 10.1. The van der Waals surface area contributed by atoms with Crippen LogP contribution in [-0.2, 0) is 0 Å². The van der Waals surface area contributed by atoms with Crippen LogP contribution in [0.25, 0.3) is 0 Å². The molecule has 0 spiro atoms. The lowest BCUT2D eigenvalue weighted by molar-refractivity contribution is 0.358. The Morgan fingerprint density at radius 2 is 2.00 bits per heavy atom. The molecule has 0 aromatic carbocycles. The zero-order valence-electron chi connectivity index (χ0n) is 10.7. The van der Waals surface area contributed by atoms with Gasteiger partial charge >= 0.3 is 0 Å². The number of allylic oxidation sites excluding steroid dienone is 1. The lowest BCUT2D eigenvalue weighted by Crippen LogP contribution is -2.38. The van der Waals surface area contributed by atoms with Crippen molar-refractivity contribution in [3.8, 4) is 6.07 Å². The van der Waals surface area contributed by atoms with E-state index in [-0.39, 0.29) is 0 Å². The van der Waals surface area contributed by atoms with Crippen molar-refractivity contribution in [2.45, 2.75) is 0 Å². The molecule has 0 aromatic heterocycles. The molecule has 0 radical (unpaired) electrons. The van der Waals surface area contributed by atoms with Gasteiger partial charge in [-0.05, 0) is 0 Å². The van der Waals surface area contributed by atoms with Crippen LogP contribution >= 0.6 is 0 Å². The van der Waals surface area contributed by atoms with E-state index in [9.17, 15) is 5.26 Å². The van der Waals surface area contributed by atoms with Crippen LogP contribution in [-0.4, -0.2) is 61.8 Å². The Labute approximate surface area is 102 Å². The van der Waals surface area contributed by atoms with Crippen LogP contribution in [0.15, 0.2) is 28.2 Å². The molecule has 2 heterocycles. The number of aliphatic imine (C=N–C) groups is 1. The quantitative estimate of drug-likeness (QED) is 0.692. The van der Waals surface area contributed by atoms with Crippen LogP contribution in [0, 0.1) is 11.3 Å². The van der Waals surface area contributed by atoms with Gasteiger partial charge in [0.15, 0.2) is 0 Å². The van der Waals surface area contributed by atoms with Crippen LogP contribution in [0.3, 0.4) is 0 Å². The highest BCUT2D eigenvalue weighted by molar-refractivity contribution is 5.98. The summed E-state index contributed by atoms with van der Waals surface area (Å²) in [6.07, 6.45) is 1.98. The van der Waals surface area contributed by atoms with Gasteiger partial charge in [-0.2, -0.15) is 5.26 Å². The molecule has 0 bridgehead atoms. The fraction of sp³-hybridized carbons (Fsp3) is 0.500. The van der Waals surface area contributed by atoms with Gasteiger partial charge in [-0.1, -0.05) is 0 Å².